The van der Waals surface area contributed by atoms with Gasteiger partial charge in [-0.05, 0) is 37.6 Å². The number of anilines is 2. The summed E-state index contributed by atoms with van der Waals surface area (Å²) in [5.74, 6) is -0.216. The molecule has 0 saturated carbocycles. The van der Waals surface area contributed by atoms with E-state index >= 15 is 0 Å². The minimum atomic E-state index is -0.216. The normalized spacial score (nSPS) is 10.2. The topological polar surface area (TPSA) is 54.0 Å². The summed E-state index contributed by atoms with van der Waals surface area (Å²) in [5, 5.41) is 6.45. The van der Waals surface area contributed by atoms with Gasteiger partial charge in [0.1, 0.15) is 0 Å². The van der Waals surface area contributed by atoms with Gasteiger partial charge in [0.05, 0.1) is 11.3 Å². The van der Waals surface area contributed by atoms with Crippen LogP contribution in [0, 0.1) is 13.8 Å². The van der Waals surface area contributed by atoms with Gasteiger partial charge in [-0.1, -0.05) is 17.7 Å². The van der Waals surface area contributed by atoms with Crippen LogP contribution >= 0.6 is 11.6 Å². The summed E-state index contributed by atoms with van der Waals surface area (Å²) in [7, 11) is 1.77. The van der Waals surface area contributed by atoms with Crippen molar-refractivity contribution < 1.29 is 4.79 Å². The van der Waals surface area contributed by atoms with Crippen molar-refractivity contribution in [3.63, 3.8) is 0 Å². The zero-order chi connectivity index (χ0) is 14.7. The number of hydrogen-bond donors (Lipinski definition) is 2. The van der Waals surface area contributed by atoms with Gasteiger partial charge in [-0.25, -0.2) is 0 Å². The molecule has 2 aromatic rings. The molecule has 0 aliphatic heterocycles. The van der Waals surface area contributed by atoms with Crippen LogP contribution in [-0.2, 0) is 0 Å². The molecule has 0 spiro atoms. The minimum absolute atomic E-state index is 0.216. The van der Waals surface area contributed by atoms with Crippen LogP contribution in [0.5, 0.6) is 0 Å². The lowest BCUT2D eigenvalue weighted by Crippen LogP contribution is -2.15. The molecule has 5 heteroatoms. The van der Waals surface area contributed by atoms with Crippen LogP contribution < -0.4 is 10.6 Å². The summed E-state index contributed by atoms with van der Waals surface area (Å²) in [6, 6.07) is 7.22. The van der Waals surface area contributed by atoms with Crippen LogP contribution in [-0.4, -0.2) is 17.9 Å². The van der Waals surface area contributed by atoms with E-state index in [9.17, 15) is 4.79 Å². The van der Waals surface area contributed by atoms with Gasteiger partial charge in [-0.3, -0.25) is 9.78 Å². The molecule has 0 fully saturated rings. The van der Waals surface area contributed by atoms with E-state index in [0.717, 1.165) is 16.9 Å². The first kappa shape index (κ1) is 14.3. The summed E-state index contributed by atoms with van der Waals surface area (Å²) in [4.78, 5) is 16.5. The smallest absolute Gasteiger partial charge is 0.259 e. The summed E-state index contributed by atoms with van der Waals surface area (Å²) in [6.45, 7) is 3.79. The fourth-order valence-electron chi connectivity index (χ4n) is 1.87. The molecule has 2 N–H and O–H groups in total. The van der Waals surface area contributed by atoms with Crippen molar-refractivity contribution in [2.24, 2.45) is 0 Å². The monoisotopic (exact) mass is 289 g/mol. The van der Waals surface area contributed by atoms with E-state index in [1.54, 1.807) is 25.4 Å². The Hall–Kier alpha value is -2.07. The molecule has 1 amide bonds. The molecule has 0 unspecified atom stereocenters. The molecule has 0 bridgehead atoms. The lowest BCUT2D eigenvalue weighted by Gasteiger charge is -2.12. The molecule has 20 heavy (non-hydrogen) atoms. The van der Waals surface area contributed by atoms with Gasteiger partial charge in [0.15, 0.2) is 0 Å². The Balaban J connectivity index is 2.30. The zero-order valence-electron chi connectivity index (χ0n) is 11.6. The molecular formula is C15H16ClN3O. The Morgan fingerprint density at radius 1 is 1.20 bits per heavy atom. The average molecular weight is 290 g/mol. The van der Waals surface area contributed by atoms with Gasteiger partial charge < -0.3 is 10.6 Å². The van der Waals surface area contributed by atoms with Crippen LogP contribution in [0.1, 0.15) is 21.6 Å². The van der Waals surface area contributed by atoms with Gasteiger partial charge >= 0.3 is 0 Å². The highest BCUT2D eigenvalue weighted by molar-refractivity contribution is 6.31. The Morgan fingerprint density at radius 3 is 2.65 bits per heavy atom. The number of rotatable bonds is 3. The van der Waals surface area contributed by atoms with Crippen molar-refractivity contribution in [2.75, 3.05) is 17.7 Å². The maximum absolute atomic E-state index is 12.3. The highest BCUT2D eigenvalue weighted by atomic mass is 35.5. The first-order valence-electron chi connectivity index (χ1n) is 6.23. The number of amides is 1. The molecule has 1 aromatic carbocycles. The highest BCUT2D eigenvalue weighted by Crippen LogP contribution is 2.22. The molecule has 2 rings (SSSR count). The van der Waals surface area contributed by atoms with Crippen LogP contribution in [0.25, 0.3) is 0 Å². The van der Waals surface area contributed by atoms with E-state index in [2.05, 4.69) is 15.6 Å². The van der Waals surface area contributed by atoms with Crippen LogP contribution in [0.3, 0.4) is 0 Å². The maximum atomic E-state index is 12.3. The Labute approximate surface area is 123 Å². The third kappa shape index (κ3) is 3.08. The Morgan fingerprint density at radius 2 is 1.95 bits per heavy atom. The number of halogens is 1. The fraction of sp³-hybridized carbons (Fsp3) is 0.200. The van der Waals surface area contributed by atoms with Crippen molar-refractivity contribution in [1.82, 2.24) is 4.98 Å². The molecule has 4 nitrogen and oxygen atoms in total. The number of benzene rings is 1. The van der Waals surface area contributed by atoms with Gasteiger partial charge in [0.2, 0.25) is 0 Å². The number of carbonyl (C=O) groups excluding carboxylic acids is 1. The summed E-state index contributed by atoms with van der Waals surface area (Å²) < 4.78 is 0. The lowest BCUT2D eigenvalue weighted by molar-refractivity contribution is 0.102. The first-order valence-corrected chi connectivity index (χ1v) is 6.61. The molecule has 0 aliphatic rings. The van der Waals surface area contributed by atoms with Crippen LogP contribution in [0.2, 0.25) is 5.02 Å². The number of aromatic nitrogens is 1. The van der Waals surface area contributed by atoms with Crippen LogP contribution in [0.4, 0.5) is 11.4 Å². The molecule has 1 aromatic heterocycles. The predicted octanol–water partition coefficient (Wildman–Crippen LogP) is 3.65. The first-order chi connectivity index (χ1) is 9.51. The summed E-state index contributed by atoms with van der Waals surface area (Å²) in [5.41, 5.74) is 3.75. The van der Waals surface area contributed by atoms with Crippen molar-refractivity contribution in [3.8, 4) is 0 Å². The standard InChI is InChI=1S/C15H16ClN3O/c1-9-4-5-11(16)7-13(9)19-15(20)12-8-18-10(2)6-14(12)17-3/h4-8H,1-3H3,(H,17,18)(H,19,20). The number of aryl methyl sites for hydroxylation is 2. The number of pyridine rings is 1. The molecule has 0 aliphatic carbocycles. The van der Waals surface area contributed by atoms with Gasteiger partial charge in [-0.2, -0.15) is 0 Å². The second kappa shape index (κ2) is 5.92. The van der Waals surface area contributed by atoms with E-state index < -0.39 is 0 Å². The van der Waals surface area contributed by atoms with Crippen molar-refractivity contribution in [2.45, 2.75) is 13.8 Å². The van der Waals surface area contributed by atoms with Crippen molar-refractivity contribution in [1.29, 1.82) is 0 Å². The second-order valence-electron chi connectivity index (χ2n) is 4.53. The third-order valence-electron chi connectivity index (χ3n) is 3.00. The van der Waals surface area contributed by atoms with E-state index in [-0.39, 0.29) is 5.91 Å². The van der Waals surface area contributed by atoms with Crippen molar-refractivity contribution in [3.05, 3.63) is 52.3 Å². The second-order valence-corrected chi connectivity index (χ2v) is 4.97. The fourth-order valence-corrected chi connectivity index (χ4v) is 2.04. The SMILES string of the molecule is CNc1cc(C)ncc1C(=O)Nc1cc(Cl)ccc1C. The maximum Gasteiger partial charge on any atom is 0.259 e. The van der Waals surface area contributed by atoms with Crippen LogP contribution in [0.15, 0.2) is 30.5 Å². The van der Waals surface area contributed by atoms with Gasteiger partial charge in [-0.15, -0.1) is 0 Å². The molecule has 0 saturated heterocycles. The Bertz CT molecular complexity index is 656. The molecule has 104 valence electrons. The summed E-state index contributed by atoms with van der Waals surface area (Å²) >= 11 is 5.95. The largest absolute Gasteiger partial charge is 0.387 e. The number of carbonyl (C=O) groups is 1. The highest BCUT2D eigenvalue weighted by Gasteiger charge is 2.13. The van der Waals surface area contributed by atoms with E-state index in [4.69, 9.17) is 11.6 Å². The average Bonchev–Trinajstić information content (AvgIpc) is 2.42. The zero-order valence-corrected chi connectivity index (χ0v) is 12.4. The number of nitrogens with zero attached hydrogens (tertiary/aromatic N) is 1. The number of hydrogen-bond acceptors (Lipinski definition) is 3. The molecule has 0 radical (unpaired) electrons. The predicted molar refractivity (Wildman–Crippen MR) is 82.7 cm³/mol. The quantitative estimate of drug-likeness (QED) is 0.907. The molecular weight excluding hydrogens is 274 g/mol. The van der Waals surface area contributed by atoms with Gasteiger partial charge in [0, 0.05) is 29.6 Å². The third-order valence-corrected chi connectivity index (χ3v) is 3.24. The van der Waals surface area contributed by atoms with Gasteiger partial charge in [0.25, 0.3) is 5.91 Å². The minimum Gasteiger partial charge on any atom is -0.387 e. The molecule has 0 atom stereocenters. The Kier molecular flexibility index (Phi) is 4.25. The van der Waals surface area contributed by atoms with Crippen molar-refractivity contribution >= 4 is 28.9 Å². The lowest BCUT2D eigenvalue weighted by atomic mass is 10.1. The number of nitrogens with one attached hydrogen (secondary N) is 2. The summed E-state index contributed by atoms with van der Waals surface area (Å²) in [6.07, 6.45) is 1.57. The van der Waals surface area contributed by atoms with E-state index in [0.29, 0.717) is 16.3 Å². The van der Waals surface area contributed by atoms with E-state index in [1.165, 1.54) is 0 Å². The molecule has 1 heterocycles. The van der Waals surface area contributed by atoms with E-state index in [1.807, 2.05) is 26.0 Å².